The van der Waals surface area contributed by atoms with Crippen LogP contribution in [0.2, 0.25) is 0 Å². The van der Waals surface area contributed by atoms with Crippen LogP contribution in [0.1, 0.15) is 0 Å². The van der Waals surface area contributed by atoms with Gasteiger partial charge in [-0.2, -0.15) is 0 Å². The van der Waals surface area contributed by atoms with E-state index in [9.17, 15) is 0 Å². The van der Waals surface area contributed by atoms with Crippen molar-refractivity contribution in [2.75, 3.05) is 0 Å². The third-order valence-electron chi connectivity index (χ3n) is 2.53. The number of rotatable bonds is 1. The van der Waals surface area contributed by atoms with Gasteiger partial charge >= 0.3 is 0 Å². The molecule has 3 aromatic rings. The maximum atomic E-state index is 5.70. The molecule has 3 rings (SSSR count). The molecule has 0 amide bonds. The Morgan fingerprint density at radius 3 is 2.35 bits per heavy atom. The summed E-state index contributed by atoms with van der Waals surface area (Å²) in [5.74, 6) is 0. The van der Waals surface area contributed by atoms with Crippen LogP contribution in [-0.2, 0) is 0 Å². The number of nitrogens with zero attached hydrogens (tertiary/aromatic N) is 1. The average molecular weight is 221 g/mol. The molecule has 2 heteroatoms. The first kappa shape index (κ1) is 9.85. The largest absolute Gasteiger partial charge is 0.438 e. The lowest BCUT2D eigenvalue weighted by Gasteiger charge is -1.96. The molecule has 0 radical (unpaired) electrons. The van der Waals surface area contributed by atoms with E-state index in [2.05, 4.69) is 4.99 Å². The first-order valence-corrected chi connectivity index (χ1v) is 5.50. The summed E-state index contributed by atoms with van der Waals surface area (Å²) >= 11 is 0. The molecule has 0 bridgehead atoms. The van der Waals surface area contributed by atoms with Crippen molar-refractivity contribution in [2.24, 2.45) is 4.99 Å². The predicted octanol–water partition coefficient (Wildman–Crippen LogP) is 3.67. The minimum Gasteiger partial charge on any atom is -0.438 e. The molecule has 2 aromatic carbocycles. The highest BCUT2D eigenvalue weighted by atomic mass is 16.3. The van der Waals surface area contributed by atoms with E-state index in [1.807, 2.05) is 66.7 Å². The lowest BCUT2D eigenvalue weighted by Crippen LogP contribution is -1.97. The van der Waals surface area contributed by atoms with Crippen LogP contribution in [0, 0.1) is 0 Å². The second-order valence-electron chi connectivity index (χ2n) is 3.76. The van der Waals surface area contributed by atoms with Gasteiger partial charge in [-0.05, 0) is 24.3 Å². The minimum atomic E-state index is 0.620. The van der Waals surface area contributed by atoms with Crippen LogP contribution in [0.3, 0.4) is 0 Å². The first-order chi connectivity index (χ1) is 8.42. The fourth-order valence-corrected chi connectivity index (χ4v) is 1.71. The van der Waals surface area contributed by atoms with Gasteiger partial charge in [0.05, 0.1) is 5.69 Å². The SMILES string of the molecule is c1ccc(N=c2ccc3ccccc3o2)cc1. The minimum absolute atomic E-state index is 0.620. The molecule has 0 N–H and O–H groups in total. The lowest BCUT2D eigenvalue weighted by atomic mass is 10.2. The summed E-state index contributed by atoms with van der Waals surface area (Å²) in [6.45, 7) is 0. The Balaban J connectivity index is 2.15. The summed E-state index contributed by atoms with van der Waals surface area (Å²) in [4.78, 5) is 4.42. The van der Waals surface area contributed by atoms with Gasteiger partial charge in [-0.15, -0.1) is 0 Å². The third kappa shape index (κ3) is 2.11. The Bertz CT molecular complexity index is 698. The summed E-state index contributed by atoms with van der Waals surface area (Å²) in [6.07, 6.45) is 0. The number of hydrogen-bond donors (Lipinski definition) is 0. The topological polar surface area (TPSA) is 25.5 Å². The quantitative estimate of drug-likeness (QED) is 0.615. The summed E-state index contributed by atoms with van der Waals surface area (Å²) in [5, 5.41) is 1.08. The molecule has 0 unspecified atom stereocenters. The Kier molecular flexibility index (Phi) is 2.47. The fraction of sp³-hybridized carbons (Fsp3) is 0. The fourth-order valence-electron chi connectivity index (χ4n) is 1.71. The normalized spacial score (nSPS) is 11.9. The molecule has 0 saturated heterocycles. The van der Waals surface area contributed by atoms with E-state index in [1.165, 1.54) is 0 Å². The Labute approximate surface area is 98.9 Å². The van der Waals surface area contributed by atoms with E-state index in [0.29, 0.717) is 5.55 Å². The molecule has 2 nitrogen and oxygen atoms in total. The summed E-state index contributed by atoms with van der Waals surface area (Å²) < 4.78 is 5.70. The maximum Gasteiger partial charge on any atom is 0.219 e. The Hall–Kier alpha value is -2.35. The molecule has 0 aliphatic carbocycles. The molecule has 1 aromatic heterocycles. The molecule has 0 aliphatic rings. The predicted molar refractivity (Wildman–Crippen MR) is 67.9 cm³/mol. The lowest BCUT2D eigenvalue weighted by molar-refractivity contribution is 0.545. The van der Waals surface area contributed by atoms with Crippen molar-refractivity contribution in [3.05, 3.63) is 72.3 Å². The van der Waals surface area contributed by atoms with Gasteiger partial charge in [0.2, 0.25) is 5.55 Å². The van der Waals surface area contributed by atoms with Gasteiger partial charge in [0.15, 0.2) is 0 Å². The molecule has 0 saturated carbocycles. The van der Waals surface area contributed by atoms with Gasteiger partial charge in [-0.1, -0.05) is 36.4 Å². The molecular formula is C15H11NO. The molecule has 0 atom stereocenters. The molecule has 82 valence electrons. The first-order valence-electron chi connectivity index (χ1n) is 5.50. The highest BCUT2D eigenvalue weighted by Gasteiger charge is 1.93. The van der Waals surface area contributed by atoms with E-state index in [0.717, 1.165) is 16.7 Å². The highest BCUT2D eigenvalue weighted by molar-refractivity contribution is 5.75. The van der Waals surface area contributed by atoms with Crippen LogP contribution in [-0.4, -0.2) is 0 Å². The van der Waals surface area contributed by atoms with Crippen molar-refractivity contribution < 1.29 is 4.42 Å². The second-order valence-corrected chi connectivity index (χ2v) is 3.76. The van der Waals surface area contributed by atoms with E-state index in [4.69, 9.17) is 4.42 Å². The summed E-state index contributed by atoms with van der Waals surface area (Å²) in [7, 11) is 0. The van der Waals surface area contributed by atoms with Crippen LogP contribution < -0.4 is 5.55 Å². The number of fused-ring (bicyclic) bond motifs is 1. The van der Waals surface area contributed by atoms with Crippen LogP contribution >= 0.6 is 0 Å². The van der Waals surface area contributed by atoms with Gasteiger partial charge in [-0.3, -0.25) is 0 Å². The Morgan fingerprint density at radius 1 is 0.706 bits per heavy atom. The van der Waals surface area contributed by atoms with E-state index < -0.39 is 0 Å². The van der Waals surface area contributed by atoms with Gasteiger partial charge in [0.1, 0.15) is 5.58 Å². The summed E-state index contributed by atoms with van der Waals surface area (Å²) in [5.41, 5.74) is 2.37. The van der Waals surface area contributed by atoms with Gasteiger partial charge in [0.25, 0.3) is 0 Å². The molecule has 0 fully saturated rings. The van der Waals surface area contributed by atoms with Crippen molar-refractivity contribution in [2.45, 2.75) is 0 Å². The molecular weight excluding hydrogens is 210 g/mol. The molecule has 17 heavy (non-hydrogen) atoms. The highest BCUT2D eigenvalue weighted by Crippen LogP contribution is 2.11. The van der Waals surface area contributed by atoms with Crippen LogP contribution in [0.4, 0.5) is 5.69 Å². The molecule has 0 spiro atoms. The van der Waals surface area contributed by atoms with E-state index in [-0.39, 0.29) is 0 Å². The standard InChI is InChI=1S/C15H11NO/c1-2-7-13(8-3-1)16-15-11-10-12-6-4-5-9-14(12)17-15/h1-11H. The zero-order valence-corrected chi connectivity index (χ0v) is 9.21. The zero-order valence-electron chi connectivity index (χ0n) is 9.21. The van der Waals surface area contributed by atoms with Gasteiger partial charge < -0.3 is 4.42 Å². The zero-order chi connectivity index (χ0) is 11.5. The summed E-state index contributed by atoms with van der Waals surface area (Å²) in [6, 6.07) is 21.6. The smallest absolute Gasteiger partial charge is 0.219 e. The maximum absolute atomic E-state index is 5.70. The number of benzene rings is 2. The van der Waals surface area contributed by atoms with E-state index in [1.54, 1.807) is 0 Å². The number of hydrogen-bond acceptors (Lipinski definition) is 2. The van der Waals surface area contributed by atoms with Crippen molar-refractivity contribution in [1.29, 1.82) is 0 Å². The third-order valence-corrected chi connectivity index (χ3v) is 2.53. The average Bonchev–Trinajstić information content (AvgIpc) is 2.40. The monoisotopic (exact) mass is 221 g/mol. The van der Waals surface area contributed by atoms with Crippen LogP contribution in [0.25, 0.3) is 11.0 Å². The van der Waals surface area contributed by atoms with Crippen LogP contribution in [0.15, 0.2) is 76.1 Å². The van der Waals surface area contributed by atoms with Gasteiger partial charge in [-0.25, -0.2) is 4.99 Å². The van der Waals surface area contributed by atoms with Crippen molar-refractivity contribution in [3.63, 3.8) is 0 Å². The van der Waals surface area contributed by atoms with Crippen molar-refractivity contribution >= 4 is 16.7 Å². The van der Waals surface area contributed by atoms with Crippen molar-refractivity contribution in [1.82, 2.24) is 0 Å². The second kappa shape index (κ2) is 4.26. The van der Waals surface area contributed by atoms with Gasteiger partial charge in [0, 0.05) is 11.5 Å². The number of para-hydroxylation sites is 2. The molecule has 0 aliphatic heterocycles. The Morgan fingerprint density at radius 2 is 1.47 bits per heavy atom. The molecule has 1 heterocycles. The van der Waals surface area contributed by atoms with Crippen LogP contribution in [0.5, 0.6) is 0 Å². The van der Waals surface area contributed by atoms with Crippen molar-refractivity contribution in [3.8, 4) is 0 Å². The van der Waals surface area contributed by atoms with E-state index >= 15 is 0 Å².